The monoisotopic (exact) mass is 262 g/mol. The summed E-state index contributed by atoms with van der Waals surface area (Å²) in [7, 11) is 0. The highest BCUT2D eigenvalue weighted by molar-refractivity contribution is 7.07. The van der Waals surface area contributed by atoms with E-state index in [9.17, 15) is 0 Å². The van der Waals surface area contributed by atoms with Gasteiger partial charge in [-0.05, 0) is 31.0 Å². The lowest BCUT2D eigenvalue weighted by molar-refractivity contribution is 0.520. The van der Waals surface area contributed by atoms with Crippen LogP contribution in [0.25, 0.3) is 0 Å². The molecule has 0 aliphatic carbocycles. The average Bonchev–Trinajstić information content (AvgIpc) is 2.90. The Morgan fingerprint density at radius 2 is 2.39 bits per heavy atom. The summed E-state index contributed by atoms with van der Waals surface area (Å²) in [5.74, 6) is 0. The van der Waals surface area contributed by atoms with Crippen molar-refractivity contribution in [3.63, 3.8) is 0 Å². The highest BCUT2D eigenvalue weighted by Gasteiger charge is 2.14. The zero-order valence-corrected chi connectivity index (χ0v) is 11.3. The smallest absolute Gasteiger partial charge is 0.0795 e. The van der Waals surface area contributed by atoms with E-state index in [2.05, 4.69) is 27.6 Å². The molecule has 0 fully saturated rings. The minimum absolute atomic E-state index is 0.211. The number of nitrogens with zero attached hydrogens (tertiary/aromatic N) is 2. The molecule has 2 aromatic rings. The molecule has 2 aromatic heterocycles. The molecule has 0 aromatic carbocycles. The predicted molar refractivity (Wildman–Crippen MR) is 75.5 cm³/mol. The highest BCUT2D eigenvalue weighted by atomic mass is 32.1. The molecule has 0 radical (unpaired) electrons. The summed E-state index contributed by atoms with van der Waals surface area (Å²) in [6.45, 7) is 3.13. The second-order valence-corrected chi connectivity index (χ2v) is 4.92. The van der Waals surface area contributed by atoms with Crippen molar-refractivity contribution in [3.8, 4) is 0 Å². The Balaban J connectivity index is 2.13. The molecular weight excluding hydrogens is 244 g/mol. The summed E-state index contributed by atoms with van der Waals surface area (Å²) in [5.41, 5.74) is 10.8. The summed E-state index contributed by atoms with van der Waals surface area (Å²) < 4.78 is 0. The first-order valence-corrected chi connectivity index (χ1v) is 7.05. The van der Waals surface area contributed by atoms with Gasteiger partial charge in [-0.3, -0.25) is 4.98 Å². The number of nitrogens with one attached hydrogen (secondary N) is 1. The molecule has 3 N–H and O–H groups in total. The van der Waals surface area contributed by atoms with E-state index in [0.29, 0.717) is 0 Å². The molecule has 0 bridgehead atoms. The fraction of sp³-hybridized carbons (Fsp3) is 0.385. The third-order valence-electron chi connectivity index (χ3n) is 2.81. The van der Waals surface area contributed by atoms with E-state index in [1.54, 1.807) is 17.5 Å². The van der Waals surface area contributed by atoms with Crippen LogP contribution in [0.4, 0.5) is 5.69 Å². The van der Waals surface area contributed by atoms with E-state index in [1.165, 1.54) is 0 Å². The molecule has 5 heteroatoms. The van der Waals surface area contributed by atoms with E-state index in [4.69, 9.17) is 5.73 Å². The zero-order chi connectivity index (χ0) is 12.8. The molecule has 0 aliphatic rings. The van der Waals surface area contributed by atoms with Gasteiger partial charge in [0.1, 0.15) is 0 Å². The quantitative estimate of drug-likeness (QED) is 0.839. The van der Waals surface area contributed by atoms with Crippen LogP contribution < -0.4 is 11.1 Å². The van der Waals surface area contributed by atoms with Crippen LogP contribution in [0.3, 0.4) is 0 Å². The number of rotatable bonds is 6. The molecule has 0 saturated heterocycles. The Kier molecular flexibility index (Phi) is 4.66. The lowest BCUT2D eigenvalue weighted by Crippen LogP contribution is -2.24. The Morgan fingerprint density at radius 1 is 1.50 bits per heavy atom. The molecule has 2 rings (SSSR count). The SMILES string of the molecule is CCCNC(Cc1cnccc1N)c1cscn1. The van der Waals surface area contributed by atoms with E-state index in [0.717, 1.165) is 36.3 Å². The largest absolute Gasteiger partial charge is 0.398 e. The fourth-order valence-electron chi connectivity index (χ4n) is 1.82. The van der Waals surface area contributed by atoms with Gasteiger partial charge in [-0.1, -0.05) is 6.92 Å². The topological polar surface area (TPSA) is 63.8 Å². The van der Waals surface area contributed by atoms with Gasteiger partial charge in [-0.25, -0.2) is 4.98 Å². The van der Waals surface area contributed by atoms with Crippen molar-refractivity contribution in [1.82, 2.24) is 15.3 Å². The Morgan fingerprint density at radius 3 is 3.06 bits per heavy atom. The van der Waals surface area contributed by atoms with Crippen LogP contribution in [0, 0.1) is 0 Å². The minimum atomic E-state index is 0.211. The van der Waals surface area contributed by atoms with Crippen molar-refractivity contribution < 1.29 is 0 Å². The van der Waals surface area contributed by atoms with Crippen molar-refractivity contribution in [1.29, 1.82) is 0 Å². The van der Waals surface area contributed by atoms with E-state index < -0.39 is 0 Å². The maximum atomic E-state index is 5.97. The minimum Gasteiger partial charge on any atom is -0.398 e. The average molecular weight is 262 g/mol. The molecule has 1 atom stereocenters. The summed E-state index contributed by atoms with van der Waals surface area (Å²) >= 11 is 1.62. The van der Waals surface area contributed by atoms with Gasteiger partial charge >= 0.3 is 0 Å². The van der Waals surface area contributed by atoms with Gasteiger partial charge in [-0.2, -0.15) is 0 Å². The van der Waals surface area contributed by atoms with E-state index in [1.807, 2.05) is 17.8 Å². The van der Waals surface area contributed by atoms with Gasteiger partial charge in [0.2, 0.25) is 0 Å². The molecule has 4 nitrogen and oxygen atoms in total. The number of hydrogen-bond acceptors (Lipinski definition) is 5. The Hall–Kier alpha value is -1.46. The van der Waals surface area contributed by atoms with Crippen molar-refractivity contribution in [2.75, 3.05) is 12.3 Å². The third-order valence-corrected chi connectivity index (χ3v) is 3.42. The normalized spacial score (nSPS) is 12.5. The Bertz CT molecular complexity index is 470. The van der Waals surface area contributed by atoms with Crippen molar-refractivity contribution in [2.45, 2.75) is 25.8 Å². The summed E-state index contributed by atoms with van der Waals surface area (Å²) in [4.78, 5) is 8.52. The van der Waals surface area contributed by atoms with Crippen molar-refractivity contribution in [2.24, 2.45) is 0 Å². The first kappa shape index (κ1) is 13.0. The number of aromatic nitrogens is 2. The summed E-state index contributed by atoms with van der Waals surface area (Å²) in [6.07, 6.45) is 5.48. The second-order valence-electron chi connectivity index (χ2n) is 4.20. The molecule has 18 heavy (non-hydrogen) atoms. The second kappa shape index (κ2) is 6.47. The van der Waals surface area contributed by atoms with Gasteiger partial charge in [-0.15, -0.1) is 11.3 Å². The predicted octanol–water partition coefficient (Wildman–Crippen LogP) is 2.40. The molecule has 1 unspecified atom stereocenters. The standard InChI is InChI=1S/C13H18N4S/c1-2-4-16-12(13-8-18-9-17-13)6-10-7-15-5-3-11(10)14/h3,5,7-9,12,16H,2,4,6H2,1H3,(H2,14,15). The van der Waals surface area contributed by atoms with Crippen molar-refractivity contribution in [3.05, 3.63) is 40.6 Å². The van der Waals surface area contributed by atoms with E-state index in [-0.39, 0.29) is 6.04 Å². The van der Waals surface area contributed by atoms with Crippen LogP contribution in [0.1, 0.15) is 30.6 Å². The van der Waals surface area contributed by atoms with Gasteiger partial charge in [0.15, 0.2) is 0 Å². The van der Waals surface area contributed by atoms with Gasteiger partial charge in [0, 0.05) is 23.5 Å². The Labute approximate surface area is 111 Å². The molecule has 0 spiro atoms. The molecular formula is C13H18N4S. The van der Waals surface area contributed by atoms with Gasteiger partial charge in [0.25, 0.3) is 0 Å². The van der Waals surface area contributed by atoms with Crippen LogP contribution >= 0.6 is 11.3 Å². The summed E-state index contributed by atoms with van der Waals surface area (Å²) in [5, 5.41) is 5.59. The van der Waals surface area contributed by atoms with Gasteiger partial charge < -0.3 is 11.1 Å². The first-order chi connectivity index (χ1) is 8.81. The number of thiazole rings is 1. The van der Waals surface area contributed by atoms with Crippen molar-refractivity contribution >= 4 is 17.0 Å². The van der Waals surface area contributed by atoms with Crippen LogP contribution in [0.2, 0.25) is 0 Å². The number of nitrogens with two attached hydrogens (primary N) is 1. The number of pyridine rings is 1. The van der Waals surface area contributed by atoms with Crippen LogP contribution in [0.15, 0.2) is 29.4 Å². The molecule has 0 saturated carbocycles. The lowest BCUT2D eigenvalue weighted by atomic mass is 10.0. The third kappa shape index (κ3) is 3.27. The number of anilines is 1. The number of nitrogen functional groups attached to an aromatic ring is 1. The van der Waals surface area contributed by atoms with Crippen LogP contribution in [-0.2, 0) is 6.42 Å². The lowest BCUT2D eigenvalue weighted by Gasteiger charge is -2.17. The zero-order valence-electron chi connectivity index (χ0n) is 10.5. The molecule has 2 heterocycles. The molecule has 96 valence electrons. The first-order valence-electron chi connectivity index (χ1n) is 6.11. The fourth-order valence-corrected chi connectivity index (χ4v) is 2.43. The maximum Gasteiger partial charge on any atom is 0.0795 e. The van der Waals surface area contributed by atoms with Crippen LogP contribution in [-0.4, -0.2) is 16.5 Å². The summed E-state index contributed by atoms with van der Waals surface area (Å²) in [6, 6.07) is 2.05. The highest BCUT2D eigenvalue weighted by Crippen LogP contribution is 2.21. The molecule has 0 aliphatic heterocycles. The van der Waals surface area contributed by atoms with Gasteiger partial charge in [0.05, 0.1) is 17.2 Å². The van der Waals surface area contributed by atoms with E-state index >= 15 is 0 Å². The maximum absolute atomic E-state index is 5.97. The number of hydrogen-bond donors (Lipinski definition) is 2. The molecule has 0 amide bonds. The van der Waals surface area contributed by atoms with Crippen LogP contribution in [0.5, 0.6) is 0 Å².